The number of allylic oxidation sites excluding steroid dienone is 2. The predicted octanol–water partition coefficient (Wildman–Crippen LogP) is 2.66. The highest BCUT2D eigenvalue weighted by molar-refractivity contribution is 5.82. The first kappa shape index (κ1) is 17.8. The van der Waals surface area contributed by atoms with Crippen molar-refractivity contribution in [1.82, 2.24) is 14.3 Å². The SMILES string of the molecule is Cn1c(=O)[nH]n([C@@H]2C=C[C@H](CC(=O)C3CCCCC3)c3ccccc32)c1=O. The average Bonchev–Trinajstić information content (AvgIpc) is 2.96. The molecule has 1 aromatic heterocycles. The van der Waals surface area contributed by atoms with Gasteiger partial charge >= 0.3 is 11.4 Å². The monoisotopic (exact) mass is 367 g/mol. The van der Waals surface area contributed by atoms with Gasteiger partial charge in [-0.15, -0.1) is 0 Å². The van der Waals surface area contributed by atoms with E-state index in [-0.39, 0.29) is 23.6 Å². The normalized spacial score (nSPS) is 22.6. The number of nitrogens with zero attached hydrogens (tertiary/aromatic N) is 2. The minimum atomic E-state index is -0.430. The van der Waals surface area contributed by atoms with Crippen molar-refractivity contribution in [3.63, 3.8) is 0 Å². The molecule has 1 saturated carbocycles. The lowest BCUT2D eigenvalue weighted by Crippen LogP contribution is -2.30. The molecule has 142 valence electrons. The Morgan fingerprint density at radius 2 is 1.78 bits per heavy atom. The number of carbonyl (C=O) groups is 1. The number of H-pyrrole nitrogens is 1. The summed E-state index contributed by atoms with van der Waals surface area (Å²) in [6.07, 6.45) is 10.0. The summed E-state index contributed by atoms with van der Waals surface area (Å²) in [5, 5.41) is 2.62. The molecule has 0 bridgehead atoms. The molecule has 27 heavy (non-hydrogen) atoms. The van der Waals surface area contributed by atoms with Crippen LogP contribution in [0.3, 0.4) is 0 Å². The van der Waals surface area contributed by atoms with E-state index in [9.17, 15) is 14.4 Å². The topological polar surface area (TPSA) is 76.9 Å². The van der Waals surface area contributed by atoms with E-state index >= 15 is 0 Å². The largest absolute Gasteiger partial charge is 0.347 e. The molecule has 6 nitrogen and oxygen atoms in total. The molecule has 1 aromatic carbocycles. The van der Waals surface area contributed by atoms with Crippen molar-refractivity contribution in [2.45, 2.75) is 50.5 Å². The molecular weight excluding hydrogens is 342 g/mol. The van der Waals surface area contributed by atoms with Crippen molar-refractivity contribution in [1.29, 1.82) is 0 Å². The molecule has 1 heterocycles. The number of benzene rings is 1. The fraction of sp³-hybridized carbons (Fsp3) is 0.476. The molecule has 0 aliphatic heterocycles. The molecule has 2 aromatic rings. The van der Waals surface area contributed by atoms with Crippen molar-refractivity contribution in [3.8, 4) is 0 Å². The molecular formula is C21H25N3O3. The smallest absolute Gasteiger partial charge is 0.299 e. The second kappa shape index (κ2) is 7.18. The van der Waals surface area contributed by atoms with Gasteiger partial charge in [-0.1, -0.05) is 55.7 Å². The summed E-state index contributed by atoms with van der Waals surface area (Å²) in [6, 6.07) is 7.53. The minimum Gasteiger partial charge on any atom is -0.299 e. The lowest BCUT2D eigenvalue weighted by molar-refractivity contribution is -0.124. The number of aromatic amines is 1. The maximum Gasteiger partial charge on any atom is 0.347 e. The van der Waals surface area contributed by atoms with E-state index in [1.807, 2.05) is 36.4 Å². The molecule has 0 radical (unpaired) electrons. The summed E-state index contributed by atoms with van der Waals surface area (Å²) in [7, 11) is 1.46. The van der Waals surface area contributed by atoms with E-state index in [0.29, 0.717) is 12.2 Å². The van der Waals surface area contributed by atoms with Crippen LogP contribution < -0.4 is 11.4 Å². The Kier molecular flexibility index (Phi) is 4.72. The van der Waals surface area contributed by atoms with Crippen LogP contribution in [-0.4, -0.2) is 20.1 Å². The number of fused-ring (bicyclic) bond motifs is 1. The van der Waals surface area contributed by atoms with Crippen molar-refractivity contribution in [2.75, 3.05) is 0 Å². The molecule has 0 amide bonds. The number of ketones is 1. The Morgan fingerprint density at radius 3 is 2.44 bits per heavy atom. The highest BCUT2D eigenvalue weighted by Crippen LogP contribution is 2.37. The Balaban J connectivity index is 1.64. The molecule has 2 atom stereocenters. The number of carbonyl (C=O) groups excluding carboxylic acids is 1. The molecule has 2 aliphatic carbocycles. The van der Waals surface area contributed by atoms with Gasteiger partial charge in [0, 0.05) is 25.3 Å². The number of rotatable bonds is 4. The molecule has 1 fully saturated rings. The molecule has 6 heteroatoms. The first-order valence-corrected chi connectivity index (χ1v) is 9.73. The van der Waals surface area contributed by atoms with Gasteiger partial charge in [0.05, 0.1) is 6.04 Å². The maximum absolute atomic E-state index is 12.8. The zero-order valence-electron chi connectivity index (χ0n) is 15.6. The summed E-state index contributed by atoms with van der Waals surface area (Å²) in [5.74, 6) is 0.575. The third kappa shape index (κ3) is 3.24. The van der Waals surface area contributed by atoms with Crippen LogP contribution in [0.1, 0.15) is 61.6 Å². The van der Waals surface area contributed by atoms with Crippen LogP contribution in [-0.2, 0) is 11.8 Å². The lowest BCUT2D eigenvalue weighted by Gasteiger charge is -2.28. The second-order valence-electron chi connectivity index (χ2n) is 7.70. The number of nitrogens with one attached hydrogen (secondary N) is 1. The fourth-order valence-corrected chi connectivity index (χ4v) is 4.44. The summed E-state index contributed by atoms with van der Waals surface area (Å²) in [5.41, 5.74) is 1.22. The van der Waals surface area contributed by atoms with Crippen LogP contribution in [0.5, 0.6) is 0 Å². The van der Waals surface area contributed by atoms with Crippen LogP contribution >= 0.6 is 0 Å². The third-order valence-electron chi connectivity index (χ3n) is 6.01. The van der Waals surface area contributed by atoms with Gasteiger partial charge in [0.15, 0.2) is 0 Å². The summed E-state index contributed by atoms with van der Waals surface area (Å²) >= 11 is 0. The average molecular weight is 367 g/mol. The van der Waals surface area contributed by atoms with E-state index in [4.69, 9.17) is 0 Å². The van der Waals surface area contributed by atoms with Gasteiger partial charge in [0.2, 0.25) is 0 Å². The number of Topliss-reactive ketones (excluding diaryl/α,β-unsaturated/α-hetero) is 1. The van der Waals surface area contributed by atoms with Crippen molar-refractivity contribution < 1.29 is 4.79 Å². The van der Waals surface area contributed by atoms with Crippen LogP contribution in [0, 0.1) is 5.92 Å². The Morgan fingerprint density at radius 1 is 1.07 bits per heavy atom. The highest BCUT2D eigenvalue weighted by Gasteiger charge is 2.29. The Bertz CT molecular complexity index is 989. The molecule has 1 N–H and O–H groups in total. The Labute approximate surface area is 157 Å². The fourth-order valence-electron chi connectivity index (χ4n) is 4.44. The van der Waals surface area contributed by atoms with Gasteiger partial charge in [-0.05, 0) is 24.0 Å². The molecule has 4 rings (SSSR count). The summed E-state index contributed by atoms with van der Waals surface area (Å²) in [6.45, 7) is 0. The zero-order valence-corrected chi connectivity index (χ0v) is 15.6. The standard InChI is InChI=1S/C21H25N3O3/c1-23-20(26)22-24(21(23)27)18-12-11-15(16-9-5-6-10-17(16)18)13-19(25)14-7-3-2-4-8-14/h5-6,9-12,14-15,18H,2-4,7-8,13H2,1H3,(H,22,26)/t15-,18-/m1/s1. The van der Waals surface area contributed by atoms with Crippen LogP contribution in [0.4, 0.5) is 0 Å². The third-order valence-corrected chi connectivity index (χ3v) is 6.01. The number of hydrogen-bond donors (Lipinski definition) is 1. The van der Waals surface area contributed by atoms with E-state index < -0.39 is 5.69 Å². The predicted molar refractivity (Wildman–Crippen MR) is 103 cm³/mol. The van der Waals surface area contributed by atoms with Crippen LogP contribution in [0.15, 0.2) is 46.0 Å². The maximum atomic E-state index is 12.8. The molecule has 0 unspecified atom stereocenters. The zero-order chi connectivity index (χ0) is 19.0. The Hall–Kier alpha value is -2.63. The van der Waals surface area contributed by atoms with Gasteiger partial charge in [-0.25, -0.2) is 23.9 Å². The first-order chi connectivity index (χ1) is 13.1. The lowest BCUT2D eigenvalue weighted by atomic mass is 9.78. The first-order valence-electron chi connectivity index (χ1n) is 9.73. The number of aromatic nitrogens is 3. The van der Waals surface area contributed by atoms with Gasteiger partial charge < -0.3 is 0 Å². The molecule has 0 saturated heterocycles. The van der Waals surface area contributed by atoms with Gasteiger partial charge in [-0.2, -0.15) is 0 Å². The molecule has 2 aliphatic rings. The van der Waals surface area contributed by atoms with Crippen LogP contribution in [0.2, 0.25) is 0 Å². The van der Waals surface area contributed by atoms with Gasteiger partial charge in [-0.3, -0.25) is 4.79 Å². The summed E-state index contributed by atoms with van der Waals surface area (Å²) < 4.78 is 2.42. The van der Waals surface area contributed by atoms with E-state index in [1.54, 1.807) is 0 Å². The van der Waals surface area contributed by atoms with E-state index in [2.05, 4.69) is 5.10 Å². The quantitative estimate of drug-likeness (QED) is 0.844. The van der Waals surface area contributed by atoms with E-state index in [0.717, 1.165) is 41.4 Å². The second-order valence-corrected chi connectivity index (χ2v) is 7.70. The minimum absolute atomic E-state index is 0.0259. The van der Waals surface area contributed by atoms with E-state index in [1.165, 1.54) is 18.2 Å². The van der Waals surface area contributed by atoms with Crippen LogP contribution in [0.25, 0.3) is 0 Å². The highest BCUT2D eigenvalue weighted by atomic mass is 16.2. The van der Waals surface area contributed by atoms with Crippen molar-refractivity contribution >= 4 is 5.78 Å². The molecule has 0 spiro atoms. The van der Waals surface area contributed by atoms with Gasteiger partial charge in [0.1, 0.15) is 5.78 Å². The van der Waals surface area contributed by atoms with Crippen molar-refractivity contribution in [3.05, 3.63) is 68.5 Å². The van der Waals surface area contributed by atoms with Crippen molar-refractivity contribution in [2.24, 2.45) is 13.0 Å². The number of hydrogen-bond acceptors (Lipinski definition) is 3. The summed E-state index contributed by atoms with van der Waals surface area (Å²) in [4.78, 5) is 37.0. The van der Waals surface area contributed by atoms with Gasteiger partial charge in [0.25, 0.3) is 0 Å².